The molecule has 0 bridgehead atoms. The van der Waals surface area contributed by atoms with E-state index in [0.29, 0.717) is 0 Å². The zero-order valence-corrected chi connectivity index (χ0v) is 12.0. The van der Waals surface area contributed by atoms with Gasteiger partial charge < -0.3 is 0 Å². The van der Waals surface area contributed by atoms with Crippen molar-refractivity contribution in [1.82, 2.24) is 0 Å². The molecule has 0 aromatic heterocycles. The molecule has 0 spiro atoms. The Morgan fingerprint density at radius 2 is 1.64 bits per heavy atom. The van der Waals surface area contributed by atoms with Gasteiger partial charge in [-0.15, -0.1) is 0 Å². The van der Waals surface area contributed by atoms with Crippen molar-refractivity contribution in [1.29, 1.82) is 0 Å². The summed E-state index contributed by atoms with van der Waals surface area (Å²) in [5.41, 5.74) is 1.52. The van der Waals surface area contributed by atoms with Crippen molar-refractivity contribution in [2.45, 2.75) is 18.8 Å². The van der Waals surface area contributed by atoms with Crippen molar-refractivity contribution < 1.29 is 0 Å². The summed E-state index contributed by atoms with van der Waals surface area (Å²) in [7, 11) is 0. The Labute approximate surface area is 107 Å². The highest BCUT2D eigenvalue weighted by Gasteiger charge is 2.27. The predicted molar refractivity (Wildman–Crippen MR) is 71.0 cm³/mol. The number of halogens is 3. The summed E-state index contributed by atoms with van der Waals surface area (Å²) in [6.45, 7) is 2.21. The van der Waals surface area contributed by atoms with E-state index in [9.17, 15) is 0 Å². The van der Waals surface area contributed by atoms with Gasteiger partial charge in [-0.3, -0.25) is 0 Å². The van der Waals surface area contributed by atoms with Gasteiger partial charge in [0.15, 0.2) is 0 Å². The van der Waals surface area contributed by atoms with Gasteiger partial charge in [0.1, 0.15) is 0 Å². The summed E-state index contributed by atoms with van der Waals surface area (Å²) in [5.74, 6) is 0. The van der Waals surface area contributed by atoms with E-state index in [0.717, 1.165) is 22.1 Å². The van der Waals surface area contributed by atoms with Crippen LogP contribution in [0.4, 0.5) is 0 Å². The fraction of sp³-hybridized carbons (Fsp3) is 0.455. The topological polar surface area (TPSA) is 0 Å². The average molecular weight is 340 g/mol. The van der Waals surface area contributed by atoms with Gasteiger partial charge in [0.05, 0.1) is 0 Å². The van der Waals surface area contributed by atoms with Crippen LogP contribution in [0, 0.1) is 0 Å². The maximum Gasteiger partial charge on any atom is 0.0406 e. The first-order valence-corrected chi connectivity index (χ1v) is 7.18. The lowest BCUT2D eigenvalue weighted by Gasteiger charge is -2.29. The number of rotatable bonds is 4. The lowest BCUT2D eigenvalue weighted by Crippen LogP contribution is -2.29. The van der Waals surface area contributed by atoms with Crippen LogP contribution in [0.15, 0.2) is 24.3 Å². The van der Waals surface area contributed by atoms with Gasteiger partial charge in [-0.05, 0) is 24.1 Å². The predicted octanol–water partition coefficient (Wildman–Crippen LogP) is 4.78. The zero-order chi connectivity index (χ0) is 10.6. The SMILES string of the molecule is CCC(CBr)(CBr)c1ccc(Cl)cc1. The van der Waals surface area contributed by atoms with Crippen LogP contribution in [0.5, 0.6) is 0 Å². The minimum absolute atomic E-state index is 0.185. The molecule has 0 aliphatic heterocycles. The molecule has 1 aromatic carbocycles. The van der Waals surface area contributed by atoms with Crippen molar-refractivity contribution in [2.24, 2.45) is 0 Å². The van der Waals surface area contributed by atoms with Crippen LogP contribution in [0.25, 0.3) is 0 Å². The molecular formula is C11H13Br2Cl. The van der Waals surface area contributed by atoms with E-state index in [4.69, 9.17) is 11.6 Å². The van der Waals surface area contributed by atoms with Crippen molar-refractivity contribution in [3.05, 3.63) is 34.9 Å². The van der Waals surface area contributed by atoms with E-state index in [-0.39, 0.29) is 5.41 Å². The van der Waals surface area contributed by atoms with Gasteiger partial charge in [-0.2, -0.15) is 0 Å². The first-order chi connectivity index (χ1) is 6.68. The van der Waals surface area contributed by atoms with Gasteiger partial charge in [0.2, 0.25) is 0 Å². The molecule has 0 amide bonds. The molecule has 0 saturated heterocycles. The molecule has 1 rings (SSSR count). The standard InChI is InChI=1S/C11H13Br2Cl/c1-2-11(7-12,8-13)9-3-5-10(14)6-4-9/h3-6H,2,7-8H2,1H3. The molecule has 0 aliphatic carbocycles. The van der Waals surface area contributed by atoms with E-state index in [2.05, 4.69) is 50.9 Å². The lowest BCUT2D eigenvalue weighted by atomic mass is 9.82. The quantitative estimate of drug-likeness (QED) is 0.692. The second-order valence-electron chi connectivity index (χ2n) is 3.41. The van der Waals surface area contributed by atoms with E-state index in [1.165, 1.54) is 5.56 Å². The highest BCUT2D eigenvalue weighted by Crippen LogP contribution is 2.32. The van der Waals surface area contributed by atoms with E-state index in [1.807, 2.05) is 12.1 Å². The maximum atomic E-state index is 5.87. The van der Waals surface area contributed by atoms with Crippen molar-refractivity contribution in [2.75, 3.05) is 10.7 Å². The van der Waals surface area contributed by atoms with Crippen molar-refractivity contribution in [3.63, 3.8) is 0 Å². The molecule has 0 atom stereocenters. The Balaban J connectivity index is 3.05. The minimum atomic E-state index is 0.185. The molecule has 0 aliphatic rings. The first-order valence-electron chi connectivity index (χ1n) is 4.56. The third-order valence-corrected chi connectivity index (χ3v) is 5.04. The summed E-state index contributed by atoms with van der Waals surface area (Å²) in [6, 6.07) is 8.11. The Hall–Kier alpha value is 0.470. The first kappa shape index (κ1) is 12.5. The number of hydrogen-bond acceptors (Lipinski definition) is 0. The van der Waals surface area contributed by atoms with Crippen LogP contribution < -0.4 is 0 Å². The molecule has 1 aromatic rings. The second-order valence-corrected chi connectivity index (χ2v) is 4.97. The number of alkyl halides is 2. The lowest BCUT2D eigenvalue weighted by molar-refractivity contribution is 0.534. The summed E-state index contributed by atoms with van der Waals surface area (Å²) >= 11 is 13.0. The maximum absolute atomic E-state index is 5.87. The molecule has 14 heavy (non-hydrogen) atoms. The van der Waals surface area contributed by atoms with E-state index < -0.39 is 0 Å². The van der Waals surface area contributed by atoms with Crippen molar-refractivity contribution >= 4 is 43.5 Å². The molecule has 0 saturated carbocycles. The van der Waals surface area contributed by atoms with Crippen LogP contribution >= 0.6 is 43.5 Å². The molecule has 0 radical (unpaired) electrons. The van der Waals surface area contributed by atoms with Crippen LogP contribution in [-0.2, 0) is 5.41 Å². The third-order valence-electron chi connectivity index (χ3n) is 2.64. The summed E-state index contributed by atoms with van der Waals surface area (Å²) < 4.78 is 0. The molecule has 0 fully saturated rings. The van der Waals surface area contributed by atoms with Gasteiger partial charge in [-0.1, -0.05) is 62.5 Å². The normalized spacial score (nSPS) is 11.7. The van der Waals surface area contributed by atoms with Crippen molar-refractivity contribution in [3.8, 4) is 0 Å². The largest absolute Gasteiger partial charge is 0.0918 e. The van der Waals surface area contributed by atoms with Gasteiger partial charge in [0.25, 0.3) is 0 Å². The summed E-state index contributed by atoms with van der Waals surface area (Å²) in [5, 5.41) is 2.72. The Morgan fingerprint density at radius 1 is 1.14 bits per heavy atom. The van der Waals surface area contributed by atoms with Crippen LogP contribution in [0.2, 0.25) is 5.02 Å². The Kier molecular flexibility index (Phi) is 4.95. The average Bonchev–Trinajstić information content (AvgIpc) is 2.24. The minimum Gasteiger partial charge on any atom is -0.0918 e. The fourth-order valence-electron chi connectivity index (χ4n) is 1.39. The molecule has 0 N–H and O–H groups in total. The summed E-state index contributed by atoms with van der Waals surface area (Å²) in [6.07, 6.45) is 1.10. The molecule has 0 unspecified atom stereocenters. The Morgan fingerprint density at radius 3 is 2.00 bits per heavy atom. The Bertz CT molecular complexity index is 270. The smallest absolute Gasteiger partial charge is 0.0406 e. The fourth-order valence-corrected chi connectivity index (χ4v) is 3.88. The summed E-state index contributed by atoms with van der Waals surface area (Å²) in [4.78, 5) is 0. The molecule has 78 valence electrons. The van der Waals surface area contributed by atoms with E-state index in [1.54, 1.807) is 0 Å². The van der Waals surface area contributed by atoms with Gasteiger partial charge >= 0.3 is 0 Å². The molecule has 0 nitrogen and oxygen atoms in total. The highest BCUT2D eigenvalue weighted by molar-refractivity contribution is 9.09. The second kappa shape index (κ2) is 5.53. The van der Waals surface area contributed by atoms with Crippen LogP contribution in [-0.4, -0.2) is 10.7 Å². The number of benzene rings is 1. The van der Waals surface area contributed by atoms with Gasteiger partial charge in [0, 0.05) is 21.1 Å². The third kappa shape index (κ3) is 2.53. The molecule has 3 heteroatoms. The molecular weight excluding hydrogens is 327 g/mol. The van der Waals surface area contributed by atoms with Gasteiger partial charge in [-0.25, -0.2) is 0 Å². The van der Waals surface area contributed by atoms with Crippen LogP contribution in [0.3, 0.4) is 0 Å². The van der Waals surface area contributed by atoms with Crippen LogP contribution in [0.1, 0.15) is 18.9 Å². The molecule has 0 heterocycles. The monoisotopic (exact) mass is 338 g/mol. The zero-order valence-electron chi connectivity index (χ0n) is 8.06. The van der Waals surface area contributed by atoms with E-state index >= 15 is 0 Å². The highest BCUT2D eigenvalue weighted by atomic mass is 79.9. The number of hydrogen-bond donors (Lipinski definition) is 0.